The Morgan fingerprint density at radius 2 is 1.80 bits per heavy atom. The van der Waals surface area contributed by atoms with Gasteiger partial charge in [0, 0.05) is 24.6 Å². The Hall–Kier alpha value is -2.49. The third-order valence-corrected chi connectivity index (χ3v) is 3.03. The van der Waals surface area contributed by atoms with Gasteiger partial charge >= 0.3 is 0 Å². The lowest BCUT2D eigenvalue weighted by Crippen LogP contribution is -2.42. The number of hydrogen-bond donors (Lipinski definition) is 0. The van der Waals surface area contributed by atoms with Crippen molar-refractivity contribution < 1.29 is 18.9 Å². The van der Waals surface area contributed by atoms with E-state index in [4.69, 9.17) is 4.74 Å². The molecule has 0 aliphatic carbocycles. The van der Waals surface area contributed by atoms with Crippen LogP contribution in [-0.2, 0) is 6.54 Å². The van der Waals surface area contributed by atoms with E-state index >= 15 is 0 Å². The molecule has 0 amide bonds. The zero-order chi connectivity index (χ0) is 14.5. The molecular formula is C16H16NO3+. The van der Waals surface area contributed by atoms with E-state index in [-0.39, 0.29) is 18.1 Å². The number of ketones is 2. The number of pyridine rings is 1. The molecule has 0 aliphatic heterocycles. The van der Waals surface area contributed by atoms with Crippen molar-refractivity contribution in [1.82, 2.24) is 0 Å². The minimum Gasteiger partial charge on any atom is -0.497 e. The molecule has 0 unspecified atom stereocenters. The summed E-state index contributed by atoms with van der Waals surface area (Å²) in [5.74, 6) is 0.595. The summed E-state index contributed by atoms with van der Waals surface area (Å²) in [5, 5.41) is 0. The molecule has 4 heteroatoms. The molecule has 102 valence electrons. The number of hydrogen-bond acceptors (Lipinski definition) is 3. The van der Waals surface area contributed by atoms with Crippen LogP contribution in [0.1, 0.15) is 27.8 Å². The number of ether oxygens (including phenoxy) is 1. The largest absolute Gasteiger partial charge is 0.497 e. The molecule has 1 heterocycles. The van der Waals surface area contributed by atoms with Crippen LogP contribution in [0.25, 0.3) is 0 Å². The predicted octanol–water partition coefficient (Wildman–Crippen LogP) is 2.07. The number of carbonyl (C=O) groups excluding carboxylic acids is 2. The van der Waals surface area contributed by atoms with Crippen molar-refractivity contribution in [3.8, 4) is 5.75 Å². The average molecular weight is 270 g/mol. The molecule has 1 aromatic heterocycles. The Kier molecular flexibility index (Phi) is 4.25. The van der Waals surface area contributed by atoms with Crippen LogP contribution >= 0.6 is 0 Å². The van der Waals surface area contributed by atoms with Crippen molar-refractivity contribution in [2.45, 2.75) is 13.5 Å². The quantitative estimate of drug-likeness (QED) is 0.617. The minimum absolute atomic E-state index is 0.0497. The Bertz CT molecular complexity index is 632. The van der Waals surface area contributed by atoms with Crippen molar-refractivity contribution in [3.05, 3.63) is 59.9 Å². The highest BCUT2D eigenvalue weighted by Gasteiger charge is 2.18. The maximum atomic E-state index is 12.2. The number of Topliss-reactive ketones (excluding diaryl/α,β-unsaturated/α-hetero) is 2. The average Bonchev–Trinajstić information content (AvgIpc) is 2.47. The molecule has 2 rings (SSSR count). The molecule has 0 fully saturated rings. The van der Waals surface area contributed by atoms with E-state index in [9.17, 15) is 9.59 Å². The standard InChI is InChI=1S/C16H16NO3/c1-12(18)15-5-3-4-10-17(15)11-16(19)13-6-8-14(20-2)9-7-13/h3-10H,11H2,1-2H3/q+1. The number of rotatable bonds is 5. The van der Waals surface area contributed by atoms with Crippen LogP contribution in [0.3, 0.4) is 0 Å². The zero-order valence-electron chi connectivity index (χ0n) is 11.5. The fraction of sp³-hybridized carbons (Fsp3) is 0.188. The van der Waals surface area contributed by atoms with Crippen LogP contribution in [0, 0.1) is 0 Å². The lowest BCUT2D eigenvalue weighted by Gasteiger charge is -2.03. The van der Waals surface area contributed by atoms with E-state index in [2.05, 4.69) is 0 Å². The van der Waals surface area contributed by atoms with Gasteiger partial charge in [-0.2, -0.15) is 4.57 Å². The van der Waals surface area contributed by atoms with Crippen LogP contribution in [0.5, 0.6) is 5.75 Å². The first-order chi connectivity index (χ1) is 9.61. The number of aromatic nitrogens is 1. The summed E-state index contributed by atoms with van der Waals surface area (Å²) in [7, 11) is 1.58. The van der Waals surface area contributed by atoms with Crippen LogP contribution in [0.2, 0.25) is 0 Å². The molecule has 0 N–H and O–H groups in total. The summed E-state index contributed by atoms with van der Waals surface area (Å²) in [6.45, 7) is 1.63. The fourth-order valence-electron chi connectivity index (χ4n) is 1.96. The normalized spacial score (nSPS) is 10.1. The van der Waals surface area contributed by atoms with Crippen LogP contribution < -0.4 is 9.30 Å². The molecule has 2 aromatic rings. The number of methoxy groups -OCH3 is 1. The second kappa shape index (κ2) is 6.10. The van der Waals surface area contributed by atoms with Gasteiger partial charge < -0.3 is 4.74 Å². The molecule has 4 nitrogen and oxygen atoms in total. The van der Waals surface area contributed by atoms with Crippen molar-refractivity contribution in [1.29, 1.82) is 0 Å². The third-order valence-electron chi connectivity index (χ3n) is 3.03. The first-order valence-corrected chi connectivity index (χ1v) is 6.28. The monoisotopic (exact) mass is 270 g/mol. The van der Waals surface area contributed by atoms with Gasteiger partial charge in [-0.15, -0.1) is 0 Å². The van der Waals surface area contributed by atoms with Crippen LogP contribution in [0.4, 0.5) is 0 Å². The van der Waals surface area contributed by atoms with Gasteiger partial charge in [0.05, 0.1) is 7.11 Å². The minimum atomic E-state index is -0.0619. The Morgan fingerprint density at radius 1 is 1.10 bits per heavy atom. The first-order valence-electron chi connectivity index (χ1n) is 6.28. The molecule has 20 heavy (non-hydrogen) atoms. The first kappa shape index (κ1) is 13.9. The molecule has 0 atom stereocenters. The molecule has 0 bridgehead atoms. The number of benzene rings is 1. The lowest BCUT2D eigenvalue weighted by atomic mass is 10.1. The van der Waals surface area contributed by atoms with Gasteiger partial charge in [0.1, 0.15) is 5.75 Å². The van der Waals surface area contributed by atoms with E-state index < -0.39 is 0 Å². The van der Waals surface area contributed by atoms with Gasteiger partial charge in [0.15, 0.2) is 6.20 Å². The van der Waals surface area contributed by atoms with Gasteiger partial charge in [0.2, 0.25) is 23.8 Å². The van der Waals surface area contributed by atoms with Crippen LogP contribution in [-0.4, -0.2) is 18.7 Å². The van der Waals surface area contributed by atoms with E-state index in [1.807, 2.05) is 0 Å². The highest BCUT2D eigenvalue weighted by molar-refractivity contribution is 5.95. The Morgan fingerprint density at radius 3 is 2.40 bits per heavy atom. The van der Waals surface area contributed by atoms with Gasteiger partial charge in [-0.05, 0) is 30.3 Å². The smallest absolute Gasteiger partial charge is 0.248 e. The zero-order valence-corrected chi connectivity index (χ0v) is 11.5. The molecule has 0 spiro atoms. The molecule has 0 radical (unpaired) electrons. The number of carbonyl (C=O) groups is 2. The summed E-state index contributed by atoms with van der Waals surface area (Å²) in [6, 6.07) is 12.2. The summed E-state index contributed by atoms with van der Waals surface area (Å²) in [6.07, 6.45) is 1.73. The van der Waals surface area contributed by atoms with Crippen molar-refractivity contribution in [3.63, 3.8) is 0 Å². The van der Waals surface area contributed by atoms with Gasteiger partial charge in [0.25, 0.3) is 0 Å². The highest BCUT2D eigenvalue weighted by Crippen LogP contribution is 2.11. The van der Waals surface area contributed by atoms with Crippen molar-refractivity contribution >= 4 is 11.6 Å². The second-order valence-electron chi connectivity index (χ2n) is 4.42. The van der Waals surface area contributed by atoms with E-state index in [1.165, 1.54) is 6.92 Å². The molecule has 0 saturated carbocycles. The van der Waals surface area contributed by atoms with Gasteiger partial charge in [-0.25, -0.2) is 0 Å². The summed E-state index contributed by atoms with van der Waals surface area (Å²) in [4.78, 5) is 23.7. The highest BCUT2D eigenvalue weighted by atomic mass is 16.5. The molecule has 1 aromatic carbocycles. The summed E-state index contributed by atoms with van der Waals surface area (Å²) >= 11 is 0. The van der Waals surface area contributed by atoms with E-state index in [0.717, 1.165) is 0 Å². The fourth-order valence-corrected chi connectivity index (χ4v) is 1.96. The molecule has 0 aliphatic rings. The maximum Gasteiger partial charge on any atom is 0.248 e. The third kappa shape index (κ3) is 3.09. The maximum absolute atomic E-state index is 12.2. The Balaban J connectivity index is 2.21. The van der Waals surface area contributed by atoms with Crippen molar-refractivity contribution in [2.24, 2.45) is 0 Å². The second-order valence-corrected chi connectivity index (χ2v) is 4.42. The number of nitrogens with zero attached hydrogens (tertiary/aromatic N) is 1. The summed E-state index contributed by atoms with van der Waals surface area (Å²) < 4.78 is 6.72. The van der Waals surface area contributed by atoms with Crippen LogP contribution in [0.15, 0.2) is 48.7 Å². The summed E-state index contributed by atoms with van der Waals surface area (Å²) in [5.41, 5.74) is 1.12. The van der Waals surface area contributed by atoms with Gasteiger partial charge in [-0.3, -0.25) is 9.59 Å². The Labute approximate surface area is 117 Å². The van der Waals surface area contributed by atoms with E-state index in [0.29, 0.717) is 17.0 Å². The topological polar surface area (TPSA) is 47.2 Å². The van der Waals surface area contributed by atoms with Crippen molar-refractivity contribution in [2.75, 3.05) is 7.11 Å². The molecule has 0 saturated heterocycles. The SMILES string of the molecule is COc1ccc(C(=O)C[n+]2ccccc2C(C)=O)cc1. The lowest BCUT2D eigenvalue weighted by molar-refractivity contribution is -0.685. The predicted molar refractivity (Wildman–Crippen MR) is 74.0 cm³/mol. The van der Waals surface area contributed by atoms with E-state index in [1.54, 1.807) is 60.3 Å². The molecular weight excluding hydrogens is 254 g/mol. The van der Waals surface area contributed by atoms with Gasteiger partial charge in [-0.1, -0.05) is 0 Å².